The molecule has 0 aliphatic carbocycles. The second kappa shape index (κ2) is 62.7. The average molecular weight is 1160 g/mol. The van der Waals surface area contributed by atoms with Crippen LogP contribution in [0.5, 0.6) is 0 Å². The fraction of sp³-hybridized carbons (Fsp3) is 0.643. The largest absolute Gasteiger partial charge is 0.472 e. The third kappa shape index (κ3) is 60.2. The minimum absolute atomic E-state index is 0.0911. The number of ether oxygens (including phenoxy) is 3. The van der Waals surface area contributed by atoms with Crippen molar-refractivity contribution in [3.8, 4) is 0 Å². The number of phosphoric acid groups is 1. The number of unbranched alkanes of at least 4 members (excludes halogenated alkanes) is 19. The maximum atomic E-state index is 13.0. The third-order valence-electron chi connectivity index (χ3n) is 13.0. The molecular weight excluding hydrogens is 1050 g/mol. The SMILES string of the molecule is CC/C=C\C/C=C\C/C=C\C/C=C\C/C=C\C/C=C\CCC(=O)OCC(COP(=O)(O)OCC(CO)OC(=O)CCCCCCCCC/C=C\C/C=C\CCCCC)OC(=O)CCCCCCCC/C=C\C/C=C\C/C=C\CCCCC. The molecule has 0 aliphatic rings. The lowest BCUT2D eigenvalue weighted by atomic mass is 10.1. The molecule has 0 aromatic carbocycles. The van der Waals surface area contributed by atoms with Crippen molar-refractivity contribution in [3.05, 3.63) is 134 Å². The van der Waals surface area contributed by atoms with Crippen molar-refractivity contribution >= 4 is 25.7 Å². The second-order valence-corrected chi connectivity index (χ2v) is 22.3. The first kappa shape index (κ1) is 77.6. The monoisotopic (exact) mass is 1160 g/mol. The summed E-state index contributed by atoms with van der Waals surface area (Å²) in [5, 5.41) is 9.86. The smallest absolute Gasteiger partial charge is 0.462 e. The quantitative estimate of drug-likeness (QED) is 0.0197. The average Bonchev–Trinajstić information content (AvgIpc) is 3.47. The van der Waals surface area contributed by atoms with Crippen molar-refractivity contribution in [2.75, 3.05) is 26.4 Å². The summed E-state index contributed by atoms with van der Waals surface area (Å²) in [6.45, 7) is 4.38. The van der Waals surface area contributed by atoms with Crippen LogP contribution in [0.3, 0.4) is 0 Å². The van der Waals surface area contributed by atoms with Gasteiger partial charge in [0.25, 0.3) is 0 Å². The number of esters is 3. The van der Waals surface area contributed by atoms with Gasteiger partial charge in [-0.3, -0.25) is 23.4 Å². The topological polar surface area (TPSA) is 155 Å². The molecule has 0 saturated heterocycles. The van der Waals surface area contributed by atoms with E-state index in [9.17, 15) is 28.9 Å². The van der Waals surface area contributed by atoms with E-state index in [4.69, 9.17) is 23.3 Å². The molecule has 11 nitrogen and oxygen atoms in total. The molecule has 0 saturated carbocycles. The highest BCUT2D eigenvalue weighted by atomic mass is 31.2. The molecule has 0 bridgehead atoms. The van der Waals surface area contributed by atoms with E-state index in [-0.39, 0.29) is 25.9 Å². The van der Waals surface area contributed by atoms with Gasteiger partial charge in [-0.1, -0.05) is 238 Å². The van der Waals surface area contributed by atoms with Gasteiger partial charge in [-0.25, -0.2) is 4.57 Å². The van der Waals surface area contributed by atoms with Gasteiger partial charge in [0.1, 0.15) is 12.7 Å². The molecule has 466 valence electrons. The Morgan fingerprint density at radius 3 is 1.02 bits per heavy atom. The molecule has 0 aromatic heterocycles. The Labute approximate surface area is 500 Å². The van der Waals surface area contributed by atoms with Crippen LogP contribution in [-0.4, -0.2) is 66.5 Å². The molecule has 0 radical (unpaired) electrons. The number of carbonyl (C=O) groups is 3. The van der Waals surface area contributed by atoms with Crippen molar-refractivity contribution in [1.29, 1.82) is 0 Å². The van der Waals surface area contributed by atoms with Gasteiger partial charge in [-0.05, 0) is 128 Å². The van der Waals surface area contributed by atoms with E-state index in [0.29, 0.717) is 19.3 Å². The number of aliphatic hydroxyl groups excluding tert-OH is 1. The zero-order chi connectivity index (χ0) is 59.8. The molecule has 12 heteroatoms. The number of phosphoric ester groups is 1. The first-order valence-electron chi connectivity index (χ1n) is 32.1. The molecule has 0 amide bonds. The Morgan fingerprint density at radius 2 is 0.659 bits per heavy atom. The summed E-state index contributed by atoms with van der Waals surface area (Å²) in [5.74, 6) is -1.60. The summed E-state index contributed by atoms with van der Waals surface area (Å²) in [5.41, 5.74) is 0. The molecule has 0 rings (SSSR count). The van der Waals surface area contributed by atoms with Crippen LogP contribution in [0.15, 0.2) is 134 Å². The van der Waals surface area contributed by atoms with Gasteiger partial charge >= 0.3 is 25.7 Å². The molecule has 2 N–H and O–H groups in total. The standard InChI is InChI=1S/C70H115O11P/c1-4-7-10-13-16-19-22-25-28-31-33-36-38-41-44-47-50-53-56-59-68(72)77-63-67(81-70(74)61-58-55-52-49-46-43-40-37-34-32-29-26-23-20-17-14-11-8-5-2)65-79-82(75,76)78-64-66(62-71)80-69(73)60-57-54-51-48-45-42-39-35-30-27-24-21-18-15-12-9-6-3/h7,10,16-21,25-30,33-34,36-37,41,44,50,53,66-67,71H,4-6,8-9,11-15,22-24,31-32,35,38-40,42-43,45-49,51-52,54-65H2,1-3H3,(H,75,76)/b10-7-,19-16-,20-17-,21-18-,28-25-,29-26-,30-27-,36-33-,37-34-,44-41-,53-50-. The van der Waals surface area contributed by atoms with E-state index in [2.05, 4.69) is 142 Å². The van der Waals surface area contributed by atoms with E-state index in [0.717, 1.165) is 128 Å². The molecule has 0 aliphatic heterocycles. The van der Waals surface area contributed by atoms with Crippen molar-refractivity contribution in [3.63, 3.8) is 0 Å². The molecule has 0 spiro atoms. The highest BCUT2D eigenvalue weighted by Gasteiger charge is 2.28. The number of hydrogen-bond acceptors (Lipinski definition) is 10. The van der Waals surface area contributed by atoms with Crippen molar-refractivity contribution in [2.45, 2.75) is 264 Å². The van der Waals surface area contributed by atoms with Crippen LogP contribution in [0, 0.1) is 0 Å². The van der Waals surface area contributed by atoms with Crippen LogP contribution in [0.1, 0.15) is 252 Å². The lowest BCUT2D eigenvalue weighted by Gasteiger charge is -2.21. The van der Waals surface area contributed by atoms with Crippen molar-refractivity contribution in [1.82, 2.24) is 0 Å². The number of carbonyl (C=O) groups excluding carboxylic acids is 3. The van der Waals surface area contributed by atoms with Gasteiger partial charge < -0.3 is 24.2 Å². The molecule has 82 heavy (non-hydrogen) atoms. The molecule has 0 fully saturated rings. The minimum atomic E-state index is -4.79. The maximum Gasteiger partial charge on any atom is 0.472 e. The summed E-state index contributed by atoms with van der Waals surface area (Å²) in [4.78, 5) is 48.7. The van der Waals surface area contributed by atoms with Crippen molar-refractivity contribution < 1.29 is 52.2 Å². The zero-order valence-electron chi connectivity index (χ0n) is 51.7. The Balaban J connectivity index is 4.85. The Hall–Kier alpha value is -4.38. The number of hydrogen-bond donors (Lipinski definition) is 2. The van der Waals surface area contributed by atoms with Gasteiger partial charge in [-0.15, -0.1) is 0 Å². The summed E-state index contributed by atoms with van der Waals surface area (Å²) in [6, 6.07) is 0. The lowest BCUT2D eigenvalue weighted by Crippen LogP contribution is -2.30. The lowest BCUT2D eigenvalue weighted by molar-refractivity contribution is -0.161. The first-order valence-corrected chi connectivity index (χ1v) is 33.6. The Bertz CT molecular complexity index is 1890. The van der Waals surface area contributed by atoms with Crippen LogP contribution in [0.2, 0.25) is 0 Å². The predicted molar refractivity (Wildman–Crippen MR) is 343 cm³/mol. The zero-order valence-corrected chi connectivity index (χ0v) is 52.6. The number of rotatable bonds is 58. The Kier molecular flexibility index (Phi) is 59.3. The van der Waals surface area contributed by atoms with Gasteiger partial charge in [-0.2, -0.15) is 0 Å². The van der Waals surface area contributed by atoms with Gasteiger partial charge in [0.2, 0.25) is 0 Å². The second-order valence-electron chi connectivity index (χ2n) is 20.8. The normalized spacial score (nSPS) is 14.2. The number of allylic oxidation sites excluding steroid dienone is 22. The summed E-state index contributed by atoms with van der Waals surface area (Å²) in [6.07, 6.45) is 79.8. The highest BCUT2D eigenvalue weighted by molar-refractivity contribution is 7.47. The third-order valence-corrected chi connectivity index (χ3v) is 14.0. The molecule has 3 unspecified atom stereocenters. The van der Waals surface area contributed by atoms with Crippen molar-refractivity contribution in [2.24, 2.45) is 0 Å². The van der Waals surface area contributed by atoms with Crippen LogP contribution in [-0.2, 0) is 42.2 Å². The van der Waals surface area contributed by atoms with Gasteiger partial charge in [0.15, 0.2) is 6.10 Å². The van der Waals surface area contributed by atoms with Crippen LogP contribution >= 0.6 is 7.82 Å². The first-order chi connectivity index (χ1) is 40.2. The fourth-order valence-electron chi connectivity index (χ4n) is 8.18. The molecule has 0 heterocycles. The fourth-order valence-corrected chi connectivity index (χ4v) is 8.97. The van der Waals surface area contributed by atoms with Gasteiger partial charge in [0.05, 0.1) is 19.8 Å². The summed E-state index contributed by atoms with van der Waals surface area (Å²) < 4.78 is 39.6. The summed E-state index contributed by atoms with van der Waals surface area (Å²) >= 11 is 0. The number of aliphatic hydroxyl groups is 1. The predicted octanol–water partition coefficient (Wildman–Crippen LogP) is 19.7. The van der Waals surface area contributed by atoms with E-state index in [1.807, 2.05) is 12.2 Å². The molecule has 0 aromatic rings. The van der Waals surface area contributed by atoms with Gasteiger partial charge in [0, 0.05) is 19.3 Å². The van der Waals surface area contributed by atoms with E-state index >= 15 is 0 Å². The summed E-state index contributed by atoms with van der Waals surface area (Å²) in [7, 11) is -4.79. The Morgan fingerprint density at radius 1 is 0.354 bits per heavy atom. The van der Waals surface area contributed by atoms with E-state index < -0.39 is 57.8 Å². The molecular formula is C70H115O11P. The van der Waals surface area contributed by atoms with Crippen LogP contribution < -0.4 is 0 Å². The van der Waals surface area contributed by atoms with E-state index in [1.165, 1.54) is 64.2 Å². The van der Waals surface area contributed by atoms with E-state index in [1.54, 1.807) is 0 Å². The molecule has 3 atom stereocenters. The minimum Gasteiger partial charge on any atom is -0.462 e. The van der Waals surface area contributed by atoms with Crippen LogP contribution in [0.25, 0.3) is 0 Å². The highest BCUT2D eigenvalue weighted by Crippen LogP contribution is 2.43. The maximum absolute atomic E-state index is 13.0. The van der Waals surface area contributed by atoms with Crippen LogP contribution in [0.4, 0.5) is 0 Å².